The standard InChI is InChI=1S/C18H22N4O3S/c1-12-13(2)26-17(16(12)18(24)25)20-15(23)11-21-7-9-22(10-8-21)14-5-3-4-6-19-14/h3-6H,7-11H2,1-2H3,(H,20,23)(H,24,25). The third kappa shape index (κ3) is 4.03. The highest BCUT2D eigenvalue weighted by Gasteiger charge is 2.23. The summed E-state index contributed by atoms with van der Waals surface area (Å²) in [5, 5.41) is 12.6. The second kappa shape index (κ2) is 7.84. The van der Waals surface area contributed by atoms with Crippen LogP contribution in [0.3, 0.4) is 0 Å². The van der Waals surface area contributed by atoms with Crippen LogP contribution in [0.15, 0.2) is 24.4 Å². The van der Waals surface area contributed by atoms with Gasteiger partial charge in [0.05, 0.1) is 12.1 Å². The van der Waals surface area contributed by atoms with Crippen molar-refractivity contribution in [2.75, 3.05) is 42.9 Å². The zero-order valence-corrected chi connectivity index (χ0v) is 15.7. The molecule has 3 heterocycles. The van der Waals surface area contributed by atoms with Gasteiger partial charge in [-0.1, -0.05) is 6.07 Å². The third-order valence-electron chi connectivity index (χ3n) is 4.56. The number of carbonyl (C=O) groups is 2. The molecule has 1 saturated heterocycles. The minimum absolute atomic E-state index is 0.181. The third-order valence-corrected chi connectivity index (χ3v) is 5.69. The number of aromatic nitrogens is 1. The fraction of sp³-hybridized carbons (Fsp3) is 0.389. The van der Waals surface area contributed by atoms with E-state index in [-0.39, 0.29) is 18.0 Å². The minimum atomic E-state index is -1.01. The number of rotatable bonds is 5. The predicted molar refractivity (Wildman–Crippen MR) is 102 cm³/mol. The molecule has 0 radical (unpaired) electrons. The molecule has 0 bridgehead atoms. The van der Waals surface area contributed by atoms with Gasteiger partial charge in [-0.15, -0.1) is 11.3 Å². The molecule has 138 valence electrons. The van der Waals surface area contributed by atoms with Crippen molar-refractivity contribution in [3.63, 3.8) is 0 Å². The van der Waals surface area contributed by atoms with Crippen LogP contribution in [0, 0.1) is 13.8 Å². The van der Waals surface area contributed by atoms with Crippen LogP contribution in [0.1, 0.15) is 20.8 Å². The Morgan fingerprint density at radius 3 is 2.58 bits per heavy atom. The van der Waals surface area contributed by atoms with E-state index in [1.54, 1.807) is 13.1 Å². The van der Waals surface area contributed by atoms with Crippen molar-refractivity contribution in [2.45, 2.75) is 13.8 Å². The molecule has 0 spiro atoms. The maximum absolute atomic E-state index is 12.4. The van der Waals surface area contributed by atoms with Crippen molar-refractivity contribution in [2.24, 2.45) is 0 Å². The first-order chi connectivity index (χ1) is 12.5. The van der Waals surface area contributed by atoms with Crippen LogP contribution >= 0.6 is 11.3 Å². The molecule has 1 amide bonds. The SMILES string of the molecule is Cc1sc(NC(=O)CN2CCN(c3ccccn3)CC2)c(C(=O)O)c1C. The average molecular weight is 374 g/mol. The number of hydrogen-bond donors (Lipinski definition) is 2. The molecule has 0 unspecified atom stereocenters. The maximum Gasteiger partial charge on any atom is 0.338 e. The van der Waals surface area contributed by atoms with E-state index in [0.29, 0.717) is 10.6 Å². The molecule has 2 aromatic rings. The summed E-state index contributed by atoms with van der Waals surface area (Å²) in [6, 6.07) is 5.84. The molecule has 0 aliphatic carbocycles. The van der Waals surface area contributed by atoms with E-state index in [1.165, 1.54) is 11.3 Å². The largest absolute Gasteiger partial charge is 0.478 e. The lowest BCUT2D eigenvalue weighted by molar-refractivity contribution is -0.117. The highest BCUT2D eigenvalue weighted by molar-refractivity contribution is 7.16. The molecular weight excluding hydrogens is 352 g/mol. The van der Waals surface area contributed by atoms with Crippen LogP contribution in [0.2, 0.25) is 0 Å². The predicted octanol–water partition coefficient (Wildman–Crippen LogP) is 2.22. The number of aryl methyl sites for hydroxylation is 1. The van der Waals surface area contributed by atoms with Gasteiger partial charge in [-0.05, 0) is 31.5 Å². The molecule has 2 N–H and O–H groups in total. The Morgan fingerprint density at radius 1 is 1.23 bits per heavy atom. The van der Waals surface area contributed by atoms with Gasteiger partial charge in [0.2, 0.25) is 5.91 Å². The van der Waals surface area contributed by atoms with Gasteiger partial charge in [-0.25, -0.2) is 9.78 Å². The van der Waals surface area contributed by atoms with Crippen molar-refractivity contribution < 1.29 is 14.7 Å². The van der Waals surface area contributed by atoms with Gasteiger partial charge >= 0.3 is 5.97 Å². The number of thiophene rings is 1. The fourth-order valence-electron chi connectivity index (χ4n) is 3.02. The number of piperazine rings is 1. The summed E-state index contributed by atoms with van der Waals surface area (Å²) in [5.41, 5.74) is 0.905. The van der Waals surface area contributed by atoms with Gasteiger partial charge in [0.15, 0.2) is 0 Å². The summed E-state index contributed by atoms with van der Waals surface area (Å²) >= 11 is 1.31. The Bertz CT molecular complexity index is 798. The van der Waals surface area contributed by atoms with Crippen LogP contribution in [0.4, 0.5) is 10.8 Å². The average Bonchev–Trinajstić information content (AvgIpc) is 2.90. The lowest BCUT2D eigenvalue weighted by atomic mass is 10.1. The van der Waals surface area contributed by atoms with E-state index >= 15 is 0 Å². The Labute approximate surface area is 156 Å². The van der Waals surface area contributed by atoms with Gasteiger partial charge in [0.25, 0.3) is 0 Å². The molecule has 7 nitrogen and oxygen atoms in total. The number of aromatic carboxylic acids is 1. The topological polar surface area (TPSA) is 85.8 Å². The van der Waals surface area contributed by atoms with Crippen molar-refractivity contribution in [1.29, 1.82) is 0 Å². The first-order valence-electron chi connectivity index (χ1n) is 8.47. The number of carbonyl (C=O) groups excluding carboxylic acids is 1. The van der Waals surface area contributed by atoms with Crippen LogP contribution in [-0.4, -0.2) is 59.6 Å². The summed E-state index contributed by atoms with van der Waals surface area (Å²) in [7, 11) is 0. The first-order valence-corrected chi connectivity index (χ1v) is 9.29. The molecule has 2 aromatic heterocycles. The summed E-state index contributed by atoms with van der Waals surface area (Å²) < 4.78 is 0. The Kier molecular flexibility index (Phi) is 5.53. The van der Waals surface area contributed by atoms with Crippen molar-refractivity contribution >= 4 is 34.0 Å². The summed E-state index contributed by atoms with van der Waals surface area (Å²) in [6.07, 6.45) is 1.78. The quantitative estimate of drug-likeness (QED) is 0.835. The van der Waals surface area contributed by atoms with Crippen molar-refractivity contribution in [1.82, 2.24) is 9.88 Å². The molecule has 0 aromatic carbocycles. The van der Waals surface area contributed by atoms with Crippen molar-refractivity contribution in [3.05, 3.63) is 40.4 Å². The van der Waals surface area contributed by atoms with Gasteiger partial charge in [-0.3, -0.25) is 9.69 Å². The minimum Gasteiger partial charge on any atom is -0.478 e. The van der Waals surface area contributed by atoms with Crippen LogP contribution in [-0.2, 0) is 4.79 Å². The molecular formula is C18H22N4O3S. The van der Waals surface area contributed by atoms with Crippen LogP contribution in [0.5, 0.6) is 0 Å². The second-order valence-electron chi connectivity index (χ2n) is 6.29. The Hall–Kier alpha value is -2.45. The lowest BCUT2D eigenvalue weighted by Crippen LogP contribution is -2.48. The number of pyridine rings is 1. The number of nitrogens with one attached hydrogen (secondary N) is 1. The highest BCUT2D eigenvalue weighted by Crippen LogP contribution is 2.32. The van der Waals surface area contributed by atoms with E-state index in [4.69, 9.17) is 0 Å². The van der Waals surface area contributed by atoms with E-state index in [9.17, 15) is 14.7 Å². The van der Waals surface area contributed by atoms with Gasteiger partial charge in [0, 0.05) is 37.3 Å². The van der Waals surface area contributed by atoms with Crippen molar-refractivity contribution in [3.8, 4) is 0 Å². The summed E-state index contributed by atoms with van der Waals surface area (Å²) in [4.78, 5) is 33.3. The Balaban J connectivity index is 1.55. The molecule has 0 saturated carbocycles. The van der Waals surface area contributed by atoms with Crippen LogP contribution < -0.4 is 10.2 Å². The van der Waals surface area contributed by atoms with Crippen LogP contribution in [0.25, 0.3) is 0 Å². The zero-order chi connectivity index (χ0) is 18.7. The second-order valence-corrected chi connectivity index (χ2v) is 7.52. The number of hydrogen-bond acceptors (Lipinski definition) is 6. The Morgan fingerprint density at radius 2 is 1.96 bits per heavy atom. The number of amides is 1. The lowest BCUT2D eigenvalue weighted by Gasteiger charge is -2.34. The maximum atomic E-state index is 12.4. The summed E-state index contributed by atoms with van der Waals surface area (Å²) in [5.74, 6) is -0.238. The van der Waals surface area contributed by atoms with E-state index in [2.05, 4.69) is 20.1 Å². The fourth-order valence-corrected chi connectivity index (χ4v) is 4.09. The van der Waals surface area contributed by atoms with E-state index in [1.807, 2.05) is 25.1 Å². The summed E-state index contributed by atoms with van der Waals surface area (Å²) in [6.45, 7) is 7.02. The highest BCUT2D eigenvalue weighted by atomic mass is 32.1. The molecule has 8 heteroatoms. The van der Waals surface area contributed by atoms with Gasteiger partial charge in [0.1, 0.15) is 10.8 Å². The van der Waals surface area contributed by atoms with Gasteiger partial charge < -0.3 is 15.3 Å². The van der Waals surface area contributed by atoms with E-state index in [0.717, 1.165) is 36.9 Å². The number of carboxylic acids is 1. The normalized spacial score (nSPS) is 15.1. The van der Waals surface area contributed by atoms with E-state index < -0.39 is 5.97 Å². The number of carboxylic acid groups (broad SMARTS) is 1. The molecule has 0 atom stereocenters. The molecule has 3 rings (SSSR count). The monoisotopic (exact) mass is 374 g/mol. The molecule has 1 fully saturated rings. The first kappa shape index (κ1) is 18.3. The number of nitrogens with zero attached hydrogens (tertiary/aromatic N) is 3. The molecule has 1 aliphatic rings. The number of anilines is 2. The smallest absolute Gasteiger partial charge is 0.338 e. The molecule has 1 aliphatic heterocycles. The molecule has 26 heavy (non-hydrogen) atoms. The zero-order valence-electron chi connectivity index (χ0n) is 14.9. The van der Waals surface area contributed by atoms with Gasteiger partial charge in [-0.2, -0.15) is 0 Å².